The van der Waals surface area contributed by atoms with Crippen molar-refractivity contribution in [3.8, 4) is 0 Å². The molecule has 0 aliphatic heterocycles. The summed E-state index contributed by atoms with van der Waals surface area (Å²) in [6, 6.07) is 3.58. The third kappa shape index (κ3) is 5.00. The highest BCUT2D eigenvalue weighted by Crippen LogP contribution is 2.27. The Labute approximate surface area is 128 Å². The molecule has 116 valence electrons. The van der Waals surface area contributed by atoms with E-state index in [9.17, 15) is 9.59 Å². The van der Waals surface area contributed by atoms with Gasteiger partial charge in [-0.2, -0.15) is 0 Å². The quantitative estimate of drug-likeness (QED) is 0.640. The van der Waals surface area contributed by atoms with Crippen molar-refractivity contribution in [1.82, 2.24) is 5.32 Å². The van der Waals surface area contributed by atoms with Gasteiger partial charge in [0.05, 0.1) is 17.3 Å². The van der Waals surface area contributed by atoms with Crippen LogP contribution < -0.4 is 10.6 Å². The molecule has 2 amide bonds. The maximum absolute atomic E-state index is 11.8. The fraction of sp³-hybridized carbons (Fsp3) is 0.429. The maximum atomic E-state index is 11.8. The minimum atomic E-state index is -0.796. The predicted molar refractivity (Wildman–Crippen MR) is 80.4 cm³/mol. The van der Waals surface area contributed by atoms with Crippen LogP contribution in [-0.2, 0) is 19.1 Å². The average molecular weight is 315 g/mol. The summed E-state index contributed by atoms with van der Waals surface area (Å²) in [6.07, 6.45) is -0.605. The van der Waals surface area contributed by atoms with Gasteiger partial charge in [-0.1, -0.05) is 17.7 Å². The molecule has 0 heterocycles. The number of aryl methyl sites for hydroxylation is 2. The first-order valence-electron chi connectivity index (χ1n) is 6.30. The van der Waals surface area contributed by atoms with Gasteiger partial charge in [0.2, 0.25) is 0 Å². The van der Waals surface area contributed by atoms with E-state index in [4.69, 9.17) is 21.1 Å². The molecular weight excluding hydrogens is 296 g/mol. The van der Waals surface area contributed by atoms with Crippen LogP contribution >= 0.6 is 11.6 Å². The molecule has 0 spiro atoms. The van der Waals surface area contributed by atoms with E-state index in [1.807, 2.05) is 13.0 Å². The van der Waals surface area contributed by atoms with Crippen molar-refractivity contribution in [3.05, 3.63) is 28.3 Å². The Bertz CT molecular complexity index is 507. The number of methoxy groups -OCH3 is 2. The molecule has 0 radical (unpaired) electrons. The molecule has 0 saturated carbocycles. The minimum absolute atomic E-state index is 0.0693. The molecule has 1 aromatic rings. The van der Waals surface area contributed by atoms with Crippen molar-refractivity contribution >= 4 is 29.1 Å². The summed E-state index contributed by atoms with van der Waals surface area (Å²) < 4.78 is 9.82. The fourth-order valence-corrected chi connectivity index (χ4v) is 2.13. The molecule has 21 heavy (non-hydrogen) atoms. The molecular formula is C14H19ClN2O4. The predicted octanol–water partition coefficient (Wildman–Crippen LogP) is 1.63. The van der Waals surface area contributed by atoms with Gasteiger partial charge < -0.3 is 20.1 Å². The van der Waals surface area contributed by atoms with Gasteiger partial charge in [-0.25, -0.2) is 0 Å². The fourth-order valence-electron chi connectivity index (χ4n) is 1.76. The van der Waals surface area contributed by atoms with Gasteiger partial charge in [0, 0.05) is 14.2 Å². The zero-order valence-corrected chi connectivity index (χ0v) is 13.2. The molecule has 0 unspecified atom stereocenters. The third-order valence-corrected chi connectivity index (χ3v) is 3.13. The first-order chi connectivity index (χ1) is 9.88. The van der Waals surface area contributed by atoms with Crippen LogP contribution in [0.2, 0.25) is 5.02 Å². The van der Waals surface area contributed by atoms with Gasteiger partial charge in [0.15, 0.2) is 6.29 Å². The molecule has 0 saturated heterocycles. The summed E-state index contributed by atoms with van der Waals surface area (Å²) >= 11 is 6.07. The first-order valence-corrected chi connectivity index (χ1v) is 6.68. The Morgan fingerprint density at radius 2 is 1.81 bits per heavy atom. The number of amides is 2. The van der Waals surface area contributed by atoms with Crippen LogP contribution in [0.25, 0.3) is 0 Å². The third-order valence-electron chi connectivity index (χ3n) is 2.83. The van der Waals surface area contributed by atoms with Gasteiger partial charge in [-0.05, 0) is 31.0 Å². The first kappa shape index (κ1) is 17.4. The van der Waals surface area contributed by atoms with Gasteiger partial charge in [0.1, 0.15) is 0 Å². The van der Waals surface area contributed by atoms with Crippen LogP contribution in [0.1, 0.15) is 11.1 Å². The van der Waals surface area contributed by atoms with Crippen molar-refractivity contribution in [2.75, 3.05) is 26.1 Å². The van der Waals surface area contributed by atoms with E-state index in [0.29, 0.717) is 10.7 Å². The topological polar surface area (TPSA) is 76.7 Å². The SMILES string of the molecule is COC(CNC(=O)C(=O)Nc1c(C)cc(C)cc1Cl)OC. The second-order valence-electron chi connectivity index (χ2n) is 4.50. The highest BCUT2D eigenvalue weighted by atomic mass is 35.5. The number of halogens is 1. The van der Waals surface area contributed by atoms with Crippen molar-refractivity contribution < 1.29 is 19.1 Å². The minimum Gasteiger partial charge on any atom is -0.354 e. The van der Waals surface area contributed by atoms with E-state index in [-0.39, 0.29) is 6.54 Å². The standard InChI is InChI=1S/C14H19ClN2O4/c1-8-5-9(2)12(10(15)6-8)17-14(19)13(18)16-7-11(20-3)21-4/h5-6,11H,7H2,1-4H3,(H,16,18)(H,17,19). The van der Waals surface area contributed by atoms with E-state index in [0.717, 1.165) is 11.1 Å². The summed E-state index contributed by atoms with van der Waals surface area (Å²) in [7, 11) is 2.88. The van der Waals surface area contributed by atoms with Gasteiger partial charge >= 0.3 is 11.8 Å². The summed E-state index contributed by atoms with van der Waals surface area (Å²) in [6.45, 7) is 3.77. The monoisotopic (exact) mass is 314 g/mol. The van der Waals surface area contributed by atoms with Crippen LogP contribution in [0.4, 0.5) is 5.69 Å². The number of carbonyl (C=O) groups is 2. The van der Waals surface area contributed by atoms with Crippen LogP contribution in [0.15, 0.2) is 12.1 Å². The molecule has 0 fully saturated rings. The maximum Gasteiger partial charge on any atom is 0.313 e. The average Bonchev–Trinajstić information content (AvgIpc) is 2.43. The Morgan fingerprint density at radius 1 is 1.19 bits per heavy atom. The molecule has 0 aliphatic carbocycles. The summed E-state index contributed by atoms with van der Waals surface area (Å²) in [5.41, 5.74) is 2.19. The van der Waals surface area contributed by atoms with E-state index in [1.54, 1.807) is 13.0 Å². The van der Waals surface area contributed by atoms with Crippen LogP contribution in [0, 0.1) is 13.8 Å². The highest BCUT2D eigenvalue weighted by molar-refractivity contribution is 6.41. The highest BCUT2D eigenvalue weighted by Gasteiger charge is 2.18. The Balaban J connectivity index is 2.67. The molecule has 7 heteroatoms. The largest absolute Gasteiger partial charge is 0.354 e. The lowest BCUT2D eigenvalue weighted by Crippen LogP contribution is -2.40. The van der Waals surface area contributed by atoms with Crippen molar-refractivity contribution in [2.45, 2.75) is 20.1 Å². The summed E-state index contributed by atoms with van der Waals surface area (Å²) in [5.74, 6) is -1.58. The zero-order valence-electron chi connectivity index (χ0n) is 12.5. The summed E-state index contributed by atoms with van der Waals surface area (Å²) in [4.78, 5) is 23.5. The van der Waals surface area contributed by atoms with E-state index < -0.39 is 18.1 Å². The van der Waals surface area contributed by atoms with E-state index >= 15 is 0 Å². The lowest BCUT2D eigenvalue weighted by Gasteiger charge is -2.14. The van der Waals surface area contributed by atoms with Gasteiger partial charge in [-0.3, -0.25) is 9.59 Å². The summed E-state index contributed by atoms with van der Waals surface area (Å²) in [5, 5.41) is 5.30. The molecule has 0 bridgehead atoms. The lowest BCUT2D eigenvalue weighted by molar-refractivity contribution is -0.139. The van der Waals surface area contributed by atoms with Crippen LogP contribution in [-0.4, -0.2) is 38.9 Å². The molecule has 2 N–H and O–H groups in total. The van der Waals surface area contributed by atoms with Crippen molar-refractivity contribution in [3.63, 3.8) is 0 Å². The number of hydrogen-bond acceptors (Lipinski definition) is 4. The molecule has 0 aliphatic rings. The van der Waals surface area contributed by atoms with E-state index in [2.05, 4.69) is 10.6 Å². The van der Waals surface area contributed by atoms with Crippen LogP contribution in [0.3, 0.4) is 0 Å². The Kier molecular flexibility index (Phi) is 6.61. The number of nitrogens with one attached hydrogen (secondary N) is 2. The second-order valence-corrected chi connectivity index (χ2v) is 4.91. The number of rotatable bonds is 5. The number of hydrogen-bond donors (Lipinski definition) is 2. The lowest BCUT2D eigenvalue weighted by atomic mass is 10.1. The molecule has 1 rings (SSSR count). The molecule has 0 atom stereocenters. The molecule has 0 aromatic heterocycles. The number of anilines is 1. The Hall–Kier alpha value is -1.63. The van der Waals surface area contributed by atoms with Crippen LogP contribution in [0.5, 0.6) is 0 Å². The zero-order chi connectivity index (χ0) is 16.0. The van der Waals surface area contributed by atoms with Crippen molar-refractivity contribution in [2.24, 2.45) is 0 Å². The Morgan fingerprint density at radius 3 is 2.33 bits per heavy atom. The van der Waals surface area contributed by atoms with Gasteiger partial charge in [0.25, 0.3) is 0 Å². The number of ether oxygens (including phenoxy) is 2. The number of carbonyl (C=O) groups excluding carboxylic acids is 2. The van der Waals surface area contributed by atoms with Crippen molar-refractivity contribution in [1.29, 1.82) is 0 Å². The smallest absolute Gasteiger partial charge is 0.313 e. The molecule has 1 aromatic carbocycles. The second kappa shape index (κ2) is 7.97. The van der Waals surface area contributed by atoms with Gasteiger partial charge in [-0.15, -0.1) is 0 Å². The normalized spacial score (nSPS) is 10.6. The molecule has 6 nitrogen and oxygen atoms in total. The van der Waals surface area contributed by atoms with E-state index in [1.165, 1.54) is 14.2 Å². The number of benzene rings is 1.